The van der Waals surface area contributed by atoms with E-state index < -0.39 is 77.7 Å². The van der Waals surface area contributed by atoms with Gasteiger partial charge in [-0.05, 0) is 30.5 Å². The number of imidazole rings is 2. The molecule has 6 N–H and O–H groups in total. The number of aliphatic hydroxyl groups excluding tert-OH is 1. The van der Waals surface area contributed by atoms with Crippen LogP contribution in [0.2, 0.25) is 18.1 Å². The molecule has 2 bridgehead atoms. The van der Waals surface area contributed by atoms with E-state index in [9.17, 15) is 19.1 Å². The summed E-state index contributed by atoms with van der Waals surface area (Å²) in [5.74, 6) is -0.0241. The molecule has 2 saturated heterocycles. The molecule has 6 heterocycles. The number of ether oxygens (including phenoxy) is 1. The Morgan fingerprint density at radius 1 is 0.981 bits per heavy atom. The van der Waals surface area contributed by atoms with E-state index in [-0.39, 0.29) is 40.4 Å². The molecular weight excluding hydrogens is 758 g/mol. The molecule has 3 unspecified atom stereocenters. The van der Waals surface area contributed by atoms with Crippen LogP contribution in [0.25, 0.3) is 22.3 Å². The van der Waals surface area contributed by atoms with Crippen LogP contribution in [0.5, 0.6) is 0 Å². The van der Waals surface area contributed by atoms with E-state index in [2.05, 4.69) is 76.0 Å². The van der Waals surface area contributed by atoms with Crippen LogP contribution in [0.4, 0.5) is 11.6 Å². The summed E-state index contributed by atoms with van der Waals surface area (Å²) in [6.07, 6.45) is -1.51. The third-order valence-electron chi connectivity index (χ3n) is 11.1. The minimum Gasteiger partial charge on any atom is -0.409 e. The Hall–Kier alpha value is -2.59. The smallest absolute Gasteiger partial charge is 0.409 e. The van der Waals surface area contributed by atoms with Crippen LogP contribution >= 0.6 is 26.9 Å². The first-order valence-corrected chi connectivity index (χ1v) is 23.6. The van der Waals surface area contributed by atoms with Gasteiger partial charge >= 0.3 is 14.6 Å². The molecule has 4 aromatic heterocycles. The molecule has 4 aromatic rings. The fraction of sp³-hybridized carbons (Fsp3) is 0.643. The number of phosphoric ester groups is 1. The lowest BCUT2D eigenvalue weighted by Crippen LogP contribution is -2.50. The van der Waals surface area contributed by atoms with Gasteiger partial charge in [0.1, 0.15) is 48.1 Å². The van der Waals surface area contributed by atoms with Crippen LogP contribution < -0.4 is 11.5 Å². The summed E-state index contributed by atoms with van der Waals surface area (Å²) < 4.78 is 68.0. The quantitative estimate of drug-likeness (QED) is 0.113. The normalized spacial score (nSPS) is 38.4. The molecule has 2 saturated carbocycles. The lowest BCUT2D eigenvalue weighted by molar-refractivity contribution is -0.0581. The molecule has 4 fully saturated rings. The molecule has 0 amide bonds. The highest BCUT2D eigenvalue weighted by Gasteiger charge is 2.75. The summed E-state index contributed by atoms with van der Waals surface area (Å²) in [7, 11) is -7.55. The van der Waals surface area contributed by atoms with Crippen molar-refractivity contribution in [3.05, 3.63) is 25.3 Å². The van der Waals surface area contributed by atoms with Gasteiger partial charge in [0.2, 0.25) is 0 Å². The van der Waals surface area contributed by atoms with Crippen molar-refractivity contribution >= 4 is 69.1 Å². The van der Waals surface area contributed by atoms with Gasteiger partial charge in [0.15, 0.2) is 37.5 Å². The average molecular weight is 799 g/mol. The summed E-state index contributed by atoms with van der Waals surface area (Å²) in [4.78, 5) is 36.6. The van der Waals surface area contributed by atoms with E-state index in [1.54, 1.807) is 6.33 Å². The van der Waals surface area contributed by atoms with Crippen LogP contribution in [0.3, 0.4) is 0 Å². The molecule has 8 rings (SSSR count). The van der Waals surface area contributed by atoms with Gasteiger partial charge in [0, 0.05) is 5.41 Å². The van der Waals surface area contributed by atoms with Crippen LogP contribution in [-0.4, -0.2) is 101 Å². The SMILES string of the molecule is CC(C)(C)[Si](C)(C)OC1[C@H](n2cnc3c(N)ncnc32)[C@H]2CC23COP(=O)(O)O[C@@H]2[C@H](O)[C@@H](CO[P@@](=O)(S)O[C@@H]13)O[C@H]2n1cnc2c(N)ncnc21. The van der Waals surface area contributed by atoms with Gasteiger partial charge in [0.05, 0.1) is 38.0 Å². The van der Waals surface area contributed by atoms with Crippen molar-refractivity contribution in [2.24, 2.45) is 11.3 Å². The number of aliphatic hydroxyl groups is 1. The zero-order valence-corrected chi connectivity index (χ0v) is 32.5. The summed E-state index contributed by atoms with van der Waals surface area (Å²) in [5.41, 5.74) is 12.4. The maximum Gasteiger partial charge on any atom is 0.472 e. The third kappa shape index (κ3) is 5.91. The van der Waals surface area contributed by atoms with Crippen molar-refractivity contribution < 1.29 is 46.4 Å². The van der Waals surface area contributed by atoms with Gasteiger partial charge < -0.3 is 35.2 Å². The molecule has 11 atom stereocenters. The summed E-state index contributed by atoms with van der Waals surface area (Å²) in [6, 6.07) is -0.517. The second-order valence-corrected chi connectivity index (χ2v) is 24.2. The van der Waals surface area contributed by atoms with Gasteiger partial charge in [-0.3, -0.25) is 22.7 Å². The molecule has 2 aliphatic carbocycles. The Bertz CT molecular complexity index is 2150. The highest BCUT2D eigenvalue weighted by Crippen LogP contribution is 2.74. The predicted octanol–water partition coefficient (Wildman–Crippen LogP) is 3.00. The van der Waals surface area contributed by atoms with Crippen molar-refractivity contribution in [1.29, 1.82) is 0 Å². The molecule has 282 valence electrons. The van der Waals surface area contributed by atoms with Crippen molar-refractivity contribution in [3.8, 4) is 0 Å². The maximum atomic E-state index is 14.2. The fourth-order valence-electron chi connectivity index (χ4n) is 7.35. The third-order valence-corrected chi connectivity index (χ3v) is 18.1. The number of anilines is 2. The molecule has 0 aromatic carbocycles. The summed E-state index contributed by atoms with van der Waals surface area (Å²) in [5, 5.41) is 11.1. The standard InChI is InChI=1S/C28H40N10O10P2SSi/c1-27(2,3)52(4,5)48-19-17(37-11-35-15-22(29)31-9-33-24(15)37)13-6-28(13)8-44-49(40,41)46-20-18(39)14(7-43-50(42,51)47-21(19)28)45-26(20)38-12-36-16-23(30)32-10-34-25(16)38/h9-14,17-21,26,39H,6-8H2,1-5H3,(H,40,41)(H,42,51)(H2,29,31,33)(H2,30,32,34)/t13-,14-,17-,18-,19?,20-,21+,26-,28?,50-/m1/s1. The lowest BCUT2D eigenvalue weighted by Gasteiger charge is -2.43. The maximum absolute atomic E-state index is 14.2. The number of fused-ring (bicyclic) bond motifs is 4. The fourth-order valence-corrected chi connectivity index (χ4v) is 11.2. The first-order valence-electron chi connectivity index (χ1n) is 16.5. The Kier molecular flexibility index (Phi) is 8.54. The minimum atomic E-state index is -4.96. The van der Waals surface area contributed by atoms with Crippen molar-refractivity contribution in [2.75, 3.05) is 24.7 Å². The number of nitrogens with two attached hydrogens (primary N) is 2. The largest absolute Gasteiger partial charge is 0.472 e. The number of aromatic nitrogens is 8. The summed E-state index contributed by atoms with van der Waals surface area (Å²) >= 11 is 4.38. The van der Waals surface area contributed by atoms with E-state index in [1.807, 2.05) is 4.57 Å². The highest BCUT2D eigenvalue weighted by molar-refractivity contribution is 8.44. The molecule has 1 spiro atoms. The molecule has 20 nitrogen and oxygen atoms in total. The van der Waals surface area contributed by atoms with E-state index in [0.717, 1.165) is 0 Å². The first kappa shape index (κ1) is 36.4. The van der Waals surface area contributed by atoms with Gasteiger partial charge in [-0.15, -0.1) is 0 Å². The minimum absolute atomic E-state index is 0.0872. The Balaban J connectivity index is 1.18. The van der Waals surface area contributed by atoms with Crippen molar-refractivity contribution in [2.45, 2.75) is 88.1 Å². The number of hydrogen-bond donors (Lipinski definition) is 5. The molecule has 24 heteroatoms. The van der Waals surface area contributed by atoms with Crippen molar-refractivity contribution in [1.82, 2.24) is 39.0 Å². The Labute approximate surface area is 303 Å². The van der Waals surface area contributed by atoms with Crippen molar-refractivity contribution in [3.63, 3.8) is 0 Å². The second kappa shape index (κ2) is 12.2. The van der Waals surface area contributed by atoms with E-state index in [1.165, 1.54) is 23.5 Å². The number of nitrogen functional groups attached to an aromatic ring is 2. The van der Waals surface area contributed by atoms with E-state index in [0.29, 0.717) is 17.6 Å². The number of nitrogens with zero attached hydrogens (tertiary/aromatic N) is 8. The first-order chi connectivity index (χ1) is 24.3. The molecule has 4 aliphatic rings. The predicted molar refractivity (Wildman–Crippen MR) is 189 cm³/mol. The van der Waals surface area contributed by atoms with Crippen LogP contribution in [0, 0.1) is 11.3 Å². The molecule has 52 heavy (non-hydrogen) atoms. The monoisotopic (exact) mass is 798 g/mol. The van der Waals surface area contributed by atoms with E-state index >= 15 is 0 Å². The molecule has 0 radical (unpaired) electrons. The second-order valence-electron chi connectivity index (χ2n) is 15.2. The molecular formula is C28H40N10O10P2SSi. The Morgan fingerprint density at radius 2 is 1.60 bits per heavy atom. The van der Waals surface area contributed by atoms with Gasteiger partial charge in [-0.25, -0.2) is 39.0 Å². The van der Waals surface area contributed by atoms with Gasteiger partial charge in [-0.1, -0.05) is 33.0 Å². The topological polar surface area (TPSA) is 269 Å². The number of hydrogen-bond acceptors (Lipinski definition) is 17. The lowest BCUT2D eigenvalue weighted by atomic mass is 10.0. The molecule has 2 aliphatic heterocycles. The highest BCUT2D eigenvalue weighted by atomic mass is 32.7. The van der Waals surface area contributed by atoms with Gasteiger partial charge in [0.25, 0.3) is 0 Å². The number of phosphoric acid groups is 1. The summed E-state index contributed by atoms with van der Waals surface area (Å²) in [6.45, 7) is 5.26. The van der Waals surface area contributed by atoms with Gasteiger partial charge in [-0.2, -0.15) is 0 Å². The van der Waals surface area contributed by atoms with E-state index in [4.69, 9.17) is 38.7 Å². The number of thiol groups is 1. The zero-order valence-electron chi connectivity index (χ0n) is 28.8. The average Bonchev–Trinajstić information content (AvgIpc) is 3.34. The Morgan fingerprint density at radius 3 is 2.23 bits per heavy atom. The number of rotatable bonds is 4. The van der Waals surface area contributed by atoms with Crippen LogP contribution in [0.15, 0.2) is 25.3 Å². The zero-order chi connectivity index (χ0) is 37.2. The van der Waals surface area contributed by atoms with Crippen LogP contribution in [0.1, 0.15) is 39.5 Å². The van der Waals surface area contributed by atoms with Crippen LogP contribution in [-0.2, 0) is 36.4 Å².